The first-order valence-corrected chi connectivity index (χ1v) is 9.55. The maximum Gasteiger partial charge on any atom is 0.321 e. The van der Waals surface area contributed by atoms with Crippen molar-refractivity contribution in [1.82, 2.24) is 4.90 Å². The number of likely N-dealkylation sites (tertiary alicyclic amines) is 1. The number of carbonyl (C=O) groups is 2. The number of ether oxygens (including phenoxy) is 1. The van der Waals surface area contributed by atoms with E-state index in [2.05, 4.69) is 10.6 Å². The molecule has 1 atom stereocenters. The molecule has 3 rings (SSSR count). The fourth-order valence-electron chi connectivity index (χ4n) is 3.37. The lowest BCUT2D eigenvalue weighted by molar-refractivity contribution is -0.121. The Labute approximate surface area is 165 Å². The van der Waals surface area contributed by atoms with Gasteiger partial charge in [0, 0.05) is 24.5 Å². The van der Waals surface area contributed by atoms with Gasteiger partial charge in [-0.3, -0.25) is 4.79 Å². The molecule has 0 unspecified atom stereocenters. The van der Waals surface area contributed by atoms with Crippen molar-refractivity contribution in [3.63, 3.8) is 0 Å². The largest absolute Gasteiger partial charge is 0.497 e. The maximum absolute atomic E-state index is 12.7. The molecule has 1 aliphatic rings. The Morgan fingerprint density at radius 2 is 1.82 bits per heavy atom. The summed E-state index contributed by atoms with van der Waals surface area (Å²) in [4.78, 5) is 27.1. The monoisotopic (exact) mass is 381 g/mol. The number of aryl methyl sites for hydroxylation is 1. The number of benzene rings is 2. The van der Waals surface area contributed by atoms with E-state index in [0.717, 1.165) is 35.4 Å². The standard InChI is InChI=1S/C22H27N3O3/c1-15-6-4-8-20(16(15)2)24-21(26)17-7-5-13-25(14-17)22(27)23-18-9-11-19(28-3)12-10-18/h4,6,8-12,17H,5,7,13-14H2,1-3H3,(H,23,27)(H,24,26)/t17-/m1/s1. The number of amides is 3. The van der Waals surface area contributed by atoms with Crippen molar-refractivity contribution in [2.24, 2.45) is 5.92 Å². The van der Waals surface area contributed by atoms with Crippen LogP contribution >= 0.6 is 0 Å². The first kappa shape index (κ1) is 19.7. The molecule has 28 heavy (non-hydrogen) atoms. The van der Waals surface area contributed by atoms with Gasteiger partial charge in [0.1, 0.15) is 5.75 Å². The predicted molar refractivity (Wildman–Crippen MR) is 111 cm³/mol. The van der Waals surface area contributed by atoms with Gasteiger partial charge >= 0.3 is 6.03 Å². The summed E-state index contributed by atoms with van der Waals surface area (Å²) < 4.78 is 5.13. The normalized spacial score (nSPS) is 16.4. The molecule has 148 valence electrons. The Balaban J connectivity index is 1.60. The van der Waals surface area contributed by atoms with Gasteiger partial charge in [-0.2, -0.15) is 0 Å². The molecule has 0 spiro atoms. The van der Waals surface area contributed by atoms with Crippen LogP contribution in [0.5, 0.6) is 5.75 Å². The minimum atomic E-state index is -0.213. The quantitative estimate of drug-likeness (QED) is 0.834. The molecule has 0 radical (unpaired) electrons. The molecule has 2 aromatic rings. The molecule has 3 amide bonds. The summed E-state index contributed by atoms with van der Waals surface area (Å²) >= 11 is 0. The summed E-state index contributed by atoms with van der Waals surface area (Å²) in [6.07, 6.45) is 1.59. The van der Waals surface area contributed by atoms with E-state index in [1.54, 1.807) is 36.3 Å². The number of hydrogen-bond donors (Lipinski definition) is 2. The van der Waals surface area contributed by atoms with Crippen molar-refractivity contribution < 1.29 is 14.3 Å². The highest BCUT2D eigenvalue weighted by Gasteiger charge is 2.28. The molecular weight excluding hydrogens is 354 g/mol. The minimum absolute atomic E-state index is 0.0318. The lowest BCUT2D eigenvalue weighted by Gasteiger charge is -2.32. The second kappa shape index (κ2) is 8.78. The third-order valence-electron chi connectivity index (χ3n) is 5.28. The minimum Gasteiger partial charge on any atom is -0.497 e. The van der Waals surface area contributed by atoms with Gasteiger partial charge in [-0.1, -0.05) is 12.1 Å². The zero-order chi connectivity index (χ0) is 20.1. The van der Waals surface area contributed by atoms with Crippen molar-refractivity contribution in [3.8, 4) is 5.75 Å². The molecule has 6 nitrogen and oxygen atoms in total. The Bertz CT molecular complexity index is 849. The lowest BCUT2D eigenvalue weighted by atomic mass is 9.97. The zero-order valence-electron chi connectivity index (χ0n) is 16.6. The van der Waals surface area contributed by atoms with Crippen molar-refractivity contribution in [2.75, 3.05) is 30.8 Å². The van der Waals surface area contributed by atoms with Crippen molar-refractivity contribution >= 4 is 23.3 Å². The van der Waals surface area contributed by atoms with Gasteiger partial charge in [-0.25, -0.2) is 4.79 Å². The van der Waals surface area contributed by atoms with E-state index in [4.69, 9.17) is 4.74 Å². The van der Waals surface area contributed by atoms with E-state index >= 15 is 0 Å². The van der Waals surface area contributed by atoms with Gasteiger partial charge in [0.25, 0.3) is 0 Å². The molecule has 0 bridgehead atoms. The Hall–Kier alpha value is -3.02. The number of nitrogens with one attached hydrogen (secondary N) is 2. The number of hydrogen-bond acceptors (Lipinski definition) is 3. The van der Waals surface area contributed by atoms with Crippen LogP contribution in [0.15, 0.2) is 42.5 Å². The topological polar surface area (TPSA) is 70.7 Å². The number of carbonyl (C=O) groups excluding carboxylic acids is 2. The highest BCUT2D eigenvalue weighted by atomic mass is 16.5. The van der Waals surface area contributed by atoms with E-state index in [-0.39, 0.29) is 17.9 Å². The first-order chi connectivity index (χ1) is 13.5. The first-order valence-electron chi connectivity index (χ1n) is 9.55. The predicted octanol–water partition coefficient (Wildman–Crippen LogP) is 4.19. The SMILES string of the molecule is COc1ccc(NC(=O)N2CCC[C@@H](C(=O)Nc3cccc(C)c3C)C2)cc1. The summed E-state index contributed by atoms with van der Waals surface area (Å²) in [6.45, 7) is 5.09. The average Bonchev–Trinajstić information content (AvgIpc) is 2.72. The number of rotatable bonds is 4. The highest BCUT2D eigenvalue weighted by molar-refractivity contribution is 5.95. The molecule has 0 saturated carbocycles. The molecule has 1 heterocycles. The fraction of sp³-hybridized carbons (Fsp3) is 0.364. The van der Waals surface area contributed by atoms with Crippen LogP contribution in [0, 0.1) is 19.8 Å². The van der Waals surface area contributed by atoms with Gasteiger partial charge in [0.2, 0.25) is 5.91 Å². The Kier molecular flexibility index (Phi) is 6.19. The number of methoxy groups -OCH3 is 1. The summed E-state index contributed by atoms with van der Waals surface area (Å²) in [6, 6.07) is 12.9. The van der Waals surface area contributed by atoms with E-state index in [1.165, 1.54) is 0 Å². The van der Waals surface area contributed by atoms with E-state index < -0.39 is 0 Å². The lowest BCUT2D eigenvalue weighted by Crippen LogP contribution is -2.45. The van der Waals surface area contributed by atoms with Crippen molar-refractivity contribution in [1.29, 1.82) is 0 Å². The molecule has 1 saturated heterocycles. The average molecular weight is 381 g/mol. The van der Waals surface area contributed by atoms with E-state index in [0.29, 0.717) is 18.8 Å². The van der Waals surface area contributed by atoms with Crippen LogP contribution in [0.2, 0.25) is 0 Å². The van der Waals surface area contributed by atoms with E-state index in [9.17, 15) is 9.59 Å². The van der Waals surface area contributed by atoms with Gasteiger partial charge in [-0.15, -0.1) is 0 Å². The third-order valence-corrected chi connectivity index (χ3v) is 5.28. The van der Waals surface area contributed by atoms with Crippen LogP contribution in [0.1, 0.15) is 24.0 Å². The highest BCUT2D eigenvalue weighted by Crippen LogP contribution is 2.23. The van der Waals surface area contributed by atoms with Gasteiger partial charge in [0.15, 0.2) is 0 Å². The summed E-state index contributed by atoms with van der Waals surface area (Å²) in [5, 5.41) is 5.92. The van der Waals surface area contributed by atoms with Crippen molar-refractivity contribution in [2.45, 2.75) is 26.7 Å². The summed E-state index contributed by atoms with van der Waals surface area (Å²) in [7, 11) is 1.60. The van der Waals surface area contributed by atoms with E-state index in [1.807, 2.05) is 32.0 Å². The molecule has 0 aromatic heterocycles. The van der Waals surface area contributed by atoms with Crippen LogP contribution < -0.4 is 15.4 Å². The maximum atomic E-state index is 12.7. The molecular formula is C22H27N3O3. The number of piperidine rings is 1. The number of urea groups is 1. The molecule has 2 N–H and O–H groups in total. The second-order valence-corrected chi connectivity index (χ2v) is 7.18. The van der Waals surface area contributed by atoms with Crippen LogP contribution in [0.4, 0.5) is 16.2 Å². The molecule has 1 fully saturated rings. The number of nitrogens with zero attached hydrogens (tertiary/aromatic N) is 1. The Morgan fingerprint density at radius 3 is 2.54 bits per heavy atom. The van der Waals surface area contributed by atoms with Crippen LogP contribution in [0.25, 0.3) is 0 Å². The number of anilines is 2. The summed E-state index contributed by atoms with van der Waals surface area (Å²) in [5.41, 5.74) is 3.75. The zero-order valence-corrected chi connectivity index (χ0v) is 16.6. The second-order valence-electron chi connectivity index (χ2n) is 7.18. The fourth-order valence-corrected chi connectivity index (χ4v) is 3.37. The smallest absolute Gasteiger partial charge is 0.321 e. The van der Waals surface area contributed by atoms with Crippen LogP contribution in [-0.4, -0.2) is 37.0 Å². The molecule has 0 aliphatic carbocycles. The summed E-state index contributed by atoms with van der Waals surface area (Å²) in [5.74, 6) is 0.491. The van der Waals surface area contributed by atoms with Gasteiger partial charge < -0.3 is 20.3 Å². The molecule has 6 heteroatoms. The third kappa shape index (κ3) is 4.63. The Morgan fingerprint density at radius 1 is 1.07 bits per heavy atom. The van der Waals surface area contributed by atoms with Gasteiger partial charge in [0.05, 0.1) is 13.0 Å². The van der Waals surface area contributed by atoms with Crippen LogP contribution in [0.3, 0.4) is 0 Å². The molecule has 2 aromatic carbocycles. The van der Waals surface area contributed by atoms with Crippen LogP contribution in [-0.2, 0) is 4.79 Å². The van der Waals surface area contributed by atoms with Gasteiger partial charge in [-0.05, 0) is 68.1 Å². The molecule has 1 aliphatic heterocycles. The van der Waals surface area contributed by atoms with Crippen molar-refractivity contribution in [3.05, 3.63) is 53.6 Å².